The summed E-state index contributed by atoms with van der Waals surface area (Å²) in [5, 5.41) is 13.1. The summed E-state index contributed by atoms with van der Waals surface area (Å²) in [4.78, 5) is 13.3. The second kappa shape index (κ2) is 9.26. The van der Waals surface area contributed by atoms with Crippen molar-refractivity contribution in [3.63, 3.8) is 0 Å². The highest BCUT2D eigenvalue weighted by atomic mass is 16.5. The molecular weight excluding hydrogens is 362 g/mol. The Morgan fingerprint density at radius 2 is 1.86 bits per heavy atom. The van der Waals surface area contributed by atoms with E-state index >= 15 is 0 Å². The SMILES string of the molecule is N#CC(c1ccccn1)c1ccnc(N[C@H]2CCC[C@@H]2OCc2ccccc2)n1. The van der Waals surface area contributed by atoms with Gasteiger partial charge in [0.05, 0.1) is 36.2 Å². The van der Waals surface area contributed by atoms with Crippen LogP contribution in [-0.4, -0.2) is 27.1 Å². The van der Waals surface area contributed by atoms with Gasteiger partial charge in [-0.15, -0.1) is 0 Å². The minimum absolute atomic E-state index is 0.116. The average molecular weight is 385 g/mol. The van der Waals surface area contributed by atoms with Gasteiger partial charge in [-0.25, -0.2) is 9.97 Å². The third-order valence-corrected chi connectivity index (χ3v) is 5.16. The van der Waals surface area contributed by atoms with Crippen LogP contribution in [0.4, 0.5) is 5.95 Å². The lowest BCUT2D eigenvalue weighted by molar-refractivity contribution is 0.0393. The molecule has 0 bridgehead atoms. The number of aromatic nitrogens is 3. The van der Waals surface area contributed by atoms with Crippen LogP contribution in [0.3, 0.4) is 0 Å². The second-order valence-electron chi connectivity index (χ2n) is 7.14. The smallest absolute Gasteiger partial charge is 0.223 e. The molecule has 3 atom stereocenters. The molecule has 146 valence electrons. The lowest BCUT2D eigenvalue weighted by atomic mass is 10.0. The molecular formula is C23H23N5O. The molecule has 0 saturated heterocycles. The van der Waals surface area contributed by atoms with Gasteiger partial charge in [-0.2, -0.15) is 5.26 Å². The normalized spacial score (nSPS) is 19.4. The Kier molecular flexibility index (Phi) is 6.08. The molecule has 29 heavy (non-hydrogen) atoms. The van der Waals surface area contributed by atoms with Crippen molar-refractivity contribution in [2.24, 2.45) is 0 Å². The molecule has 1 saturated carbocycles. The number of nitrogens with one attached hydrogen (secondary N) is 1. The third kappa shape index (κ3) is 4.76. The minimum atomic E-state index is -0.520. The summed E-state index contributed by atoms with van der Waals surface area (Å²) >= 11 is 0. The molecule has 2 heterocycles. The number of benzene rings is 1. The van der Waals surface area contributed by atoms with E-state index in [4.69, 9.17) is 4.74 Å². The van der Waals surface area contributed by atoms with Crippen molar-refractivity contribution in [3.8, 4) is 6.07 Å². The van der Waals surface area contributed by atoms with Crippen LogP contribution in [0.25, 0.3) is 0 Å². The quantitative estimate of drug-likeness (QED) is 0.660. The topological polar surface area (TPSA) is 83.7 Å². The number of hydrogen-bond acceptors (Lipinski definition) is 6. The molecule has 1 aromatic carbocycles. The Balaban J connectivity index is 1.44. The number of hydrogen-bond donors (Lipinski definition) is 1. The lowest BCUT2D eigenvalue weighted by Gasteiger charge is -2.22. The second-order valence-corrected chi connectivity index (χ2v) is 7.14. The first kappa shape index (κ1) is 19.0. The van der Waals surface area contributed by atoms with Crippen molar-refractivity contribution in [2.45, 2.75) is 43.9 Å². The largest absolute Gasteiger partial charge is 0.371 e. The van der Waals surface area contributed by atoms with Gasteiger partial charge in [-0.3, -0.25) is 4.98 Å². The van der Waals surface area contributed by atoms with Crippen molar-refractivity contribution in [3.05, 3.63) is 83.9 Å². The van der Waals surface area contributed by atoms with Crippen LogP contribution >= 0.6 is 0 Å². The highest BCUT2D eigenvalue weighted by Gasteiger charge is 2.29. The molecule has 4 rings (SSSR count). The van der Waals surface area contributed by atoms with Gasteiger partial charge < -0.3 is 10.1 Å². The summed E-state index contributed by atoms with van der Waals surface area (Å²) in [5.41, 5.74) is 2.50. The molecule has 1 fully saturated rings. The zero-order valence-corrected chi connectivity index (χ0v) is 16.1. The van der Waals surface area contributed by atoms with Crippen LogP contribution in [0.15, 0.2) is 67.0 Å². The van der Waals surface area contributed by atoms with E-state index in [1.54, 1.807) is 18.5 Å². The van der Waals surface area contributed by atoms with E-state index in [1.165, 1.54) is 5.56 Å². The Morgan fingerprint density at radius 3 is 2.66 bits per heavy atom. The number of nitriles is 1. The highest BCUT2D eigenvalue weighted by Crippen LogP contribution is 2.26. The van der Waals surface area contributed by atoms with Gasteiger partial charge in [0.2, 0.25) is 5.95 Å². The Labute approximate surface area is 170 Å². The zero-order valence-electron chi connectivity index (χ0n) is 16.1. The molecule has 1 unspecified atom stereocenters. The molecule has 2 aromatic heterocycles. The zero-order chi connectivity index (χ0) is 19.9. The van der Waals surface area contributed by atoms with Gasteiger partial charge >= 0.3 is 0 Å². The monoisotopic (exact) mass is 385 g/mol. The molecule has 6 heteroatoms. The van der Waals surface area contributed by atoms with Gasteiger partial charge in [-0.05, 0) is 43.0 Å². The van der Waals surface area contributed by atoms with Crippen molar-refractivity contribution in [1.29, 1.82) is 5.26 Å². The van der Waals surface area contributed by atoms with Gasteiger partial charge in [0.1, 0.15) is 5.92 Å². The van der Waals surface area contributed by atoms with Gasteiger partial charge in [0.15, 0.2) is 0 Å². The van der Waals surface area contributed by atoms with Crippen LogP contribution in [0.5, 0.6) is 0 Å². The molecule has 6 nitrogen and oxygen atoms in total. The molecule has 0 aliphatic heterocycles. The maximum absolute atomic E-state index is 9.64. The van der Waals surface area contributed by atoms with E-state index in [9.17, 15) is 5.26 Å². The third-order valence-electron chi connectivity index (χ3n) is 5.16. The first-order valence-corrected chi connectivity index (χ1v) is 9.89. The summed E-state index contributed by atoms with van der Waals surface area (Å²) in [7, 11) is 0. The fraction of sp³-hybridized carbons (Fsp3) is 0.304. The van der Waals surface area contributed by atoms with Crippen molar-refractivity contribution in [2.75, 3.05) is 5.32 Å². The molecule has 0 spiro atoms. The van der Waals surface area contributed by atoms with Crippen molar-refractivity contribution in [1.82, 2.24) is 15.0 Å². The Bertz CT molecular complexity index is 958. The highest BCUT2D eigenvalue weighted by molar-refractivity contribution is 5.35. The lowest BCUT2D eigenvalue weighted by Crippen LogP contribution is -2.31. The van der Waals surface area contributed by atoms with Crippen molar-refractivity contribution >= 4 is 5.95 Å². The number of ether oxygens (including phenoxy) is 1. The predicted octanol–water partition coefficient (Wildman–Crippen LogP) is 4.08. The van der Waals surface area contributed by atoms with E-state index in [0.29, 0.717) is 23.9 Å². The minimum Gasteiger partial charge on any atom is -0.371 e. The van der Waals surface area contributed by atoms with Crippen molar-refractivity contribution < 1.29 is 4.74 Å². The van der Waals surface area contributed by atoms with E-state index in [0.717, 1.165) is 19.3 Å². The van der Waals surface area contributed by atoms with Crippen LogP contribution in [-0.2, 0) is 11.3 Å². The van der Waals surface area contributed by atoms with Gasteiger partial charge in [0, 0.05) is 12.4 Å². The maximum Gasteiger partial charge on any atom is 0.223 e. The van der Waals surface area contributed by atoms with Crippen LogP contribution in [0, 0.1) is 11.3 Å². The Hall–Kier alpha value is -3.30. The van der Waals surface area contributed by atoms with Gasteiger partial charge in [0.25, 0.3) is 0 Å². The number of nitrogens with zero attached hydrogens (tertiary/aromatic N) is 4. The molecule has 1 N–H and O–H groups in total. The van der Waals surface area contributed by atoms with Crippen LogP contribution < -0.4 is 5.32 Å². The molecule has 0 amide bonds. The van der Waals surface area contributed by atoms with Crippen LogP contribution in [0.1, 0.15) is 42.1 Å². The standard InChI is InChI=1S/C23H23N5O/c24-15-18(19-9-4-5-13-25-19)20-12-14-26-23(27-20)28-21-10-6-11-22(21)29-16-17-7-2-1-3-8-17/h1-5,7-9,12-14,18,21-22H,6,10-11,16H2,(H,26,27,28)/t18?,21-,22-/m0/s1. The summed E-state index contributed by atoms with van der Waals surface area (Å²) in [6.45, 7) is 0.598. The number of rotatable bonds is 7. The predicted molar refractivity (Wildman–Crippen MR) is 110 cm³/mol. The summed E-state index contributed by atoms with van der Waals surface area (Å²) < 4.78 is 6.16. The van der Waals surface area contributed by atoms with E-state index in [1.807, 2.05) is 36.4 Å². The summed E-state index contributed by atoms with van der Waals surface area (Å²) in [6.07, 6.45) is 6.62. The van der Waals surface area contributed by atoms with E-state index in [-0.39, 0.29) is 12.1 Å². The fourth-order valence-corrected chi connectivity index (χ4v) is 3.67. The van der Waals surface area contributed by atoms with Crippen LogP contribution in [0.2, 0.25) is 0 Å². The molecule has 1 aliphatic carbocycles. The summed E-state index contributed by atoms with van der Waals surface area (Å²) in [6, 6.07) is 20.0. The molecule has 0 radical (unpaired) electrons. The Morgan fingerprint density at radius 1 is 1.00 bits per heavy atom. The van der Waals surface area contributed by atoms with E-state index in [2.05, 4.69) is 38.5 Å². The average Bonchev–Trinajstić information content (AvgIpc) is 3.21. The molecule has 3 aromatic rings. The maximum atomic E-state index is 9.64. The summed E-state index contributed by atoms with van der Waals surface area (Å²) in [5.74, 6) is 0.00680. The fourth-order valence-electron chi connectivity index (χ4n) is 3.67. The van der Waals surface area contributed by atoms with Gasteiger partial charge in [-0.1, -0.05) is 36.4 Å². The number of pyridine rings is 1. The number of anilines is 1. The first-order valence-electron chi connectivity index (χ1n) is 9.89. The first-order chi connectivity index (χ1) is 14.3. The van der Waals surface area contributed by atoms with E-state index < -0.39 is 5.92 Å². The molecule has 1 aliphatic rings.